The van der Waals surface area contributed by atoms with Gasteiger partial charge in [0.05, 0.1) is 12.7 Å². The number of unbranched alkanes of at least 4 members (excludes halogenated alkanes) is 1. The van der Waals surface area contributed by atoms with E-state index in [2.05, 4.69) is 0 Å². The summed E-state index contributed by atoms with van der Waals surface area (Å²) in [5.74, 6) is -56.9. The second-order valence-corrected chi connectivity index (χ2v) is 10.9. The van der Waals surface area contributed by atoms with Crippen LogP contribution in [0.15, 0.2) is 0 Å². The third-order valence-corrected chi connectivity index (χ3v) is 6.69. The molecule has 0 aromatic heterocycles. The third kappa shape index (κ3) is 6.45. The normalized spacial score (nSPS) is 21.4. The van der Waals surface area contributed by atoms with Gasteiger partial charge in [-0.2, -0.15) is 74.6 Å². The summed E-state index contributed by atoms with van der Waals surface area (Å²) in [7, 11) is 0. The molecule has 0 spiro atoms. The Labute approximate surface area is 223 Å². The summed E-state index contributed by atoms with van der Waals surface area (Å²) < 4.78 is 235. The molecule has 234 valence electrons. The van der Waals surface area contributed by atoms with Crippen LogP contribution in [0.25, 0.3) is 0 Å². The molecule has 1 fully saturated rings. The Balaban J connectivity index is 3.08. The fraction of sp³-hybridized carbons (Fsp3) is 1.00. The second kappa shape index (κ2) is 10.9. The predicted molar refractivity (Wildman–Crippen MR) is 106 cm³/mol. The molecule has 1 rings (SSSR count). The van der Waals surface area contributed by atoms with Gasteiger partial charge >= 0.3 is 47.6 Å². The van der Waals surface area contributed by atoms with Crippen LogP contribution in [-0.4, -0.2) is 70.1 Å². The van der Waals surface area contributed by atoms with Gasteiger partial charge in [-0.25, -0.2) is 0 Å². The Kier molecular flexibility index (Phi) is 10.2. The zero-order chi connectivity index (χ0) is 31.3. The van der Waals surface area contributed by atoms with E-state index in [4.69, 9.17) is 9.47 Å². The first kappa shape index (κ1) is 36.5. The Morgan fingerprint density at radius 2 is 1.08 bits per heavy atom. The summed E-state index contributed by atoms with van der Waals surface area (Å²) in [5, 5.41) is 0. The number of halogens is 18. The topological polar surface area (TPSA) is 18.5 Å². The van der Waals surface area contributed by atoms with E-state index in [9.17, 15) is 74.6 Å². The van der Waals surface area contributed by atoms with Crippen LogP contribution in [-0.2, 0) is 9.47 Å². The molecule has 0 amide bonds. The molecule has 0 N–H and O–H groups in total. The fourth-order valence-corrected chi connectivity index (χ4v) is 4.34. The number of rotatable bonds is 13. The molecule has 2 nitrogen and oxygen atoms in total. The molecule has 0 aromatic rings. The van der Waals surface area contributed by atoms with Crippen molar-refractivity contribution in [1.82, 2.24) is 0 Å². The van der Waals surface area contributed by atoms with Crippen molar-refractivity contribution in [2.24, 2.45) is 0 Å². The van der Waals surface area contributed by atoms with Crippen LogP contribution in [0.2, 0.25) is 0 Å². The van der Waals surface area contributed by atoms with Crippen molar-refractivity contribution in [3.63, 3.8) is 0 Å². The SMILES string of the molecule is CC1(C)OCC(CCCCC(I)CC(F)(F)C(F)(F)C(F)(F)C(F)(F)C(F)(F)C(F)(F)C(F)(F)C(F)(F)F)O1. The smallest absolute Gasteiger partial charge is 0.348 e. The maximum atomic E-state index is 14.1. The average molecular weight is 730 g/mol. The average Bonchev–Trinajstić information content (AvgIpc) is 3.07. The highest BCUT2D eigenvalue weighted by molar-refractivity contribution is 14.1. The molecule has 1 heterocycles. The van der Waals surface area contributed by atoms with Gasteiger partial charge in [0.2, 0.25) is 0 Å². The van der Waals surface area contributed by atoms with Crippen molar-refractivity contribution in [3.8, 4) is 0 Å². The van der Waals surface area contributed by atoms with Gasteiger partial charge in [-0.15, -0.1) is 0 Å². The predicted octanol–water partition coefficient (Wildman–Crippen LogP) is 8.90. The van der Waals surface area contributed by atoms with Crippen molar-refractivity contribution in [2.45, 2.75) is 109 Å². The number of hydrogen-bond acceptors (Lipinski definition) is 2. The van der Waals surface area contributed by atoms with Crippen LogP contribution in [0.3, 0.4) is 0 Å². The molecule has 0 aromatic carbocycles. The molecule has 2 unspecified atom stereocenters. The maximum Gasteiger partial charge on any atom is 0.460 e. The lowest BCUT2D eigenvalue weighted by atomic mass is 9.87. The highest BCUT2D eigenvalue weighted by Gasteiger charge is 2.95. The minimum atomic E-state index is -8.60. The van der Waals surface area contributed by atoms with Gasteiger partial charge in [0.25, 0.3) is 0 Å². The third-order valence-electron chi connectivity index (χ3n) is 5.63. The fourth-order valence-electron chi connectivity index (χ4n) is 3.35. The van der Waals surface area contributed by atoms with Crippen molar-refractivity contribution in [2.75, 3.05) is 6.61 Å². The quantitative estimate of drug-likeness (QED) is 0.0817. The van der Waals surface area contributed by atoms with E-state index in [-0.39, 0.29) is 25.9 Å². The summed E-state index contributed by atoms with van der Waals surface area (Å²) in [4.78, 5) is 0. The van der Waals surface area contributed by atoms with E-state index < -0.39 is 76.3 Å². The van der Waals surface area contributed by atoms with E-state index in [0.717, 1.165) is 22.6 Å². The number of ether oxygens (including phenoxy) is 2. The summed E-state index contributed by atoms with van der Waals surface area (Å²) in [6.45, 7) is 3.30. The Morgan fingerprint density at radius 1 is 0.667 bits per heavy atom. The first-order valence-electron chi connectivity index (χ1n) is 10.6. The molecule has 20 heteroatoms. The van der Waals surface area contributed by atoms with Gasteiger partial charge in [0, 0.05) is 10.3 Å². The standard InChI is InChI=1S/C19H20F17IO2/c1-11(2)38-8-10(39-11)6-4-3-5-9(37)7-12(20,21)13(22,23)14(24,25)15(26,27)16(28,29)17(30,31)18(32,33)19(34,35)36/h9-10H,3-8H2,1-2H3. The van der Waals surface area contributed by atoms with E-state index in [1.807, 2.05) is 0 Å². The minimum absolute atomic E-state index is 0.0566. The van der Waals surface area contributed by atoms with Crippen LogP contribution in [0.5, 0.6) is 0 Å². The Hall–Kier alpha value is -0.540. The number of hydrogen-bond donors (Lipinski definition) is 0. The van der Waals surface area contributed by atoms with Crippen molar-refractivity contribution >= 4 is 22.6 Å². The van der Waals surface area contributed by atoms with Gasteiger partial charge < -0.3 is 9.47 Å². The Morgan fingerprint density at radius 3 is 1.46 bits per heavy atom. The van der Waals surface area contributed by atoms with Crippen LogP contribution >= 0.6 is 22.6 Å². The summed E-state index contributed by atoms with van der Waals surface area (Å²) >= 11 is 1.00. The molecule has 0 bridgehead atoms. The zero-order valence-corrected chi connectivity index (χ0v) is 21.7. The Bertz CT molecular complexity index is 840. The summed E-state index contributed by atoms with van der Waals surface area (Å²) in [6.07, 6.45) is -10.7. The van der Waals surface area contributed by atoms with Gasteiger partial charge in [0.15, 0.2) is 5.79 Å². The van der Waals surface area contributed by atoms with E-state index in [1.54, 1.807) is 13.8 Å². The van der Waals surface area contributed by atoms with Crippen molar-refractivity contribution < 1.29 is 84.1 Å². The van der Waals surface area contributed by atoms with Gasteiger partial charge in [0.1, 0.15) is 0 Å². The van der Waals surface area contributed by atoms with E-state index in [0.29, 0.717) is 0 Å². The van der Waals surface area contributed by atoms with Crippen LogP contribution in [0, 0.1) is 0 Å². The molecular formula is C19H20F17IO2. The monoisotopic (exact) mass is 730 g/mol. The molecule has 1 aliphatic rings. The minimum Gasteiger partial charge on any atom is -0.348 e. The van der Waals surface area contributed by atoms with Crippen molar-refractivity contribution in [3.05, 3.63) is 0 Å². The molecule has 0 saturated carbocycles. The van der Waals surface area contributed by atoms with E-state index >= 15 is 0 Å². The molecule has 0 radical (unpaired) electrons. The van der Waals surface area contributed by atoms with E-state index in [1.165, 1.54) is 0 Å². The first-order valence-corrected chi connectivity index (χ1v) is 11.8. The second-order valence-electron chi connectivity index (χ2n) is 9.19. The van der Waals surface area contributed by atoms with Gasteiger partial charge in [-0.1, -0.05) is 35.4 Å². The lowest BCUT2D eigenvalue weighted by Crippen LogP contribution is -2.74. The van der Waals surface area contributed by atoms with Crippen LogP contribution in [0.1, 0.15) is 46.0 Å². The highest BCUT2D eigenvalue weighted by Crippen LogP contribution is 2.64. The molecule has 1 aliphatic heterocycles. The zero-order valence-electron chi connectivity index (χ0n) is 19.5. The molecule has 1 saturated heterocycles. The largest absolute Gasteiger partial charge is 0.460 e. The van der Waals surface area contributed by atoms with Crippen molar-refractivity contribution in [1.29, 1.82) is 0 Å². The van der Waals surface area contributed by atoms with Crippen LogP contribution < -0.4 is 0 Å². The molecule has 0 aliphatic carbocycles. The lowest BCUT2D eigenvalue weighted by Gasteiger charge is -2.43. The summed E-state index contributed by atoms with van der Waals surface area (Å²) in [6, 6.07) is 0. The van der Waals surface area contributed by atoms with Gasteiger partial charge in [-0.05, 0) is 26.7 Å². The lowest BCUT2D eigenvalue weighted by molar-refractivity contribution is -0.461. The number of alkyl halides is 18. The first-order chi connectivity index (χ1) is 16.9. The molecular weight excluding hydrogens is 710 g/mol. The summed E-state index contributed by atoms with van der Waals surface area (Å²) in [5.41, 5.74) is 0. The van der Waals surface area contributed by atoms with Crippen LogP contribution in [0.4, 0.5) is 74.6 Å². The highest BCUT2D eigenvalue weighted by atomic mass is 127. The molecule has 39 heavy (non-hydrogen) atoms. The van der Waals surface area contributed by atoms with Gasteiger partial charge in [-0.3, -0.25) is 0 Å². The molecule has 2 atom stereocenters. The maximum absolute atomic E-state index is 14.1.